The normalized spacial score (nSPS) is 13.3. The van der Waals surface area contributed by atoms with Gasteiger partial charge in [0.1, 0.15) is 23.2 Å². The molecular formula is C29H29F2N9O. The van der Waals surface area contributed by atoms with Crippen LogP contribution in [0.5, 0.6) is 0 Å². The van der Waals surface area contributed by atoms with Crippen LogP contribution in [0.1, 0.15) is 32.2 Å². The van der Waals surface area contributed by atoms with Crippen LogP contribution >= 0.6 is 0 Å². The molecule has 5 heterocycles. The smallest absolute Gasteiger partial charge is 0.318 e. The number of nitrogens with one attached hydrogen (secondary N) is 2. The molecule has 1 aromatic carbocycles. The Morgan fingerprint density at radius 2 is 1.83 bits per heavy atom. The van der Waals surface area contributed by atoms with Crippen molar-refractivity contribution in [1.82, 2.24) is 39.3 Å². The summed E-state index contributed by atoms with van der Waals surface area (Å²) in [6, 6.07) is 12.9. The van der Waals surface area contributed by atoms with E-state index >= 15 is 0 Å². The van der Waals surface area contributed by atoms with Crippen LogP contribution in [0.15, 0.2) is 60.9 Å². The number of fused-ring (bicyclic) bond motifs is 2. The molecule has 4 aromatic heterocycles. The van der Waals surface area contributed by atoms with Crippen LogP contribution in [0.2, 0.25) is 0 Å². The lowest BCUT2D eigenvalue weighted by Gasteiger charge is -2.31. The highest BCUT2D eigenvalue weighted by molar-refractivity contribution is 5.79. The van der Waals surface area contributed by atoms with Crippen LogP contribution in [-0.4, -0.2) is 52.1 Å². The summed E-state index contributed by atoms with van der Waals surface area (Å²) >= 11 is 0. The fourth-order valence-corrected chi connectivity index (χ4v) is 4.81. The number of hydrogen-bond donors (Lipinski definition) is 2. The number of nitrogens with zero attached hydrogens (tertiary/aromatic N) is 7. The van der Waals surface area contributed by atoms with E-state index in [9.17, 15) is 13.6 Å². The molecule has 0 saturated heterocycles. The topological polar surface area (TPSA) is 105 Å². The van der Waals surface area contributed by atoms with E-state index in [1.54, 1.807) is 33.8 Å². The summed E-state index contributed by atoms with van der Waals surface area (Å²) in [5, 5.41) is 11.0. The van der Waals surface area contributed by atoms with Crippen molar-refractivity contribution in [3.63, 3.8) is 0 Å². The van der Waals surface area contributed by atoms with Gasteiger partial charge in [-0.25, -0.2) is 28.7 Å². The number of carbonyl (C=O) groups is 1. The van der Waals surface area contributed by atoms with E-state index in [1.165, 1.54) is 24.4 Å². The van der Waals surface area contributed by atoms with Gasteiger partial charge in [-0.1, -0.05) is 0 Å². The van der Waals surface area contributed by atoms with Crippen LogP contribution in [0.3, 0.4) is 0 Å². The Labute approximate surface area is 235 Å². The van der Waals surface area contributed by atoms with Gasteiger partial charge in [0.05, 0.1) is 24.1 Å². The third-order valence-corrected chi connectivity index (χ3v) is 6.69. The largest absolute Gasteiger partial charge is 0.365 e. The highest BCUT2D eigenvalue weighted by Gasteiger charge is 2.29. The molecule has 12 heteroatoms. The molecule has 0 aliphatic carbocycles. The molecule has 6 rings (SSSR count). The first-order chi connectivity index (χ1) is 19.6. The number of urea groups is 1. The molecule has 0 radical (unpaired) electrons. The lowest BCUT2D eigenvalue weighted by Crippen LogP contribution is -2.50. The SMILES string of the molecule is CC(C)(C)NC(=O)N1CCn2c(nc(-c3ccc(F)cc3)c2-c2ccc3nc(NCc4ccnc(F)c4)cn3n2)C1. The molecule has 0 fully saturated rings. The fraction of sp³-hybridized carbons (Fsp3) is 0.276. The monoisotopic (exact) mass is 557 g/mol. The fourth-order valence-electron chi connectivity index (χ4n) is 4.81. The Kier molecular flexibility index (Phi) is 6.60. The number of halogens is 2. The van der Waals surface area contributed by atoms with Crippen molar-refractivity contribution in [1.29, 1.82) is 0 Å². The molecule has 0 saturated carbocycles. The maximum Gasteiger partial charge on any atom is 0.318 e. The van der Waals surface area contributed by atoms with E-state index < -0.39 is 5.95 Å². The summed E-state index contributed by atoms with van der Waals surface area (Å²) in [6.45, 7) is 7.55. The summed E-state index contributed by atoms with van der Waals surface area (Å²) in [5.74, 6) is 0.428. The third kappa shape index (κ3) is 5.58. The minimum atomic E-state index is -0.537. The Hall–Kier alpha value is -4.87. The zero-order valence-corrected chi connectivity index (χ0v) is 22.9. The van der Waals surface area contributed by atoms with E-state index in [0.717, 1.165) is 16.8 Å². The molecule has 41 heavy (non-hydrogen) atoms. The summed E-state index contributed by atoms with van der Waals surface area (Å²) in [7, 11) is 0. The first-order valence-electron chi connectivity index (χ1n) is 13.3. The predicted molar refractivity (Wildman–Crippen MR) is 150 cm³/mol. The van der Waals surface area contributed by atoms with Crippen LogP contribution in [0, 0.1) is 11.8 Å². The minimum Gasteiger partial charge on any atom is -0.365 e. The Morgan fingerprint density at radius 3 is 2.59 bits per heavy atom. The summed E-state index contributed by atoms with van der Waals surface area (Å²) in [6.07, 6.45) is 3.19. The Morgan fingerprint density at radius 1 is 1.02 bits per heavy atom. The van der Waals surface area contributed by atoms with Crippen molar-refractivity contribution in [2.75, 3.05) is 11.9 Å². The third-order valence-electron chi connectivity index (χ3n) is 6.69. The van der Waals surface area contributed by atoms with Crippen molar-refractivity contribution in [3.05, 3.63) is 84.1 Å². The van der Waals surface area contributed by atoms with Crippen LogP contribution < -0.4 is 10.6 Å². The quantitative estimate of drug-likeness (QED) is 0.299. The average molecular weight is 558 g/mol. The molecule has 0 unspecified atom stereocenters. The number of imidazole rings is 2. The number of carbonyl (C=O) groups excluding carboxylic acids is 1. The molecule has 2 N–H and O–H groups in total. The van der Waals surface area contributed by atoms with Gasteiger partial charge in [-0.3, -0.25) is 0 Å². The van der Waals surface area contributed by atoms with Crippen molar-refractivity contribution < 1.29 is 13.6 Å². The molecule has 2 amide bonds. The molecule has 0 bridgehead atoms. The number of aromatic nitrogens is 6. The van der Waals surface area contributed by atoms with Crippen LogP contribution in [0.25, 0.3) is 28.3 Å². The van der Waals surface area contributed by atoms with Gasteiger partial charge < -0.3 is 20.1 Å². The van der Waals surface area contributed by atoms with Gasteiger partial charge in [0.25, 0.3) is 0 Å². The first kappa shape index (κ1) is 26.4. The van der Waals surface area contributed by atoms with Gasteiger partial charge in [0.2, 0.25) is 5.95 Å². The zero-order chi connectivity index (χ0) is 28.7. The van der Waals surface area contributed by atoms with Gasteiger partial charge in [0, 0.05) is 36.9 Å². The molecule has 10 nitrogen and oxygen atoms in total. The second kappa shape index (κ2) is 10.3. The predicted octanol–water partition coefficient (Wildman–Crippen LogP) is 4.87. The summed E-state index contributed by atoms with van der Waals surface area (Å²) in [4.78, 5) is 27.7. The summed E-state index contributed by atoms with van der Waals surface area (Å²) in [5.41, 5.74) is 3.84. The van der Waals surface area contributed by atoms with Crippen molar-refractivity contribution in [3.8, 4) is 22.6 Å². The Bertz CT molecular complexity index is 1740. The molecular weight excluding hydrogens is 528 g/mol. The molecule has 1 aliphatic rings. The maximum atomic E-state index is 13.8. The van der Waals surface area contributed by atoms with E-state index in [2.05, 4.69) is 25.2 Å². The number of hydrogen-bond acceptors (Lipinski definition) is 6. The number of benzene rings is 1. The number of rotatable bonds is 5. The molecule has 0 atom stereocenters. The Balaban J connectivity index is 1.34. The van der Waals surface area contributed by atoms with Crippen molar-refractivity contribution >= 4 is 17.5 Å². The lowest BCUT2D eigenvalue weighted by molar-refractivity contribution is 0.174. The van der Waals surface area contributed by atoms with E-state index in [4.69, 9.17) is 10.1 Å². The molecule has 1 aliphatic heterocycles. The van der Waals surface area contributed by atoms with Crippen LogP contribution in [-0.2, 0) is 19.6 Å². The zero-order valence-electron chi connectivity index (χ0n) is 22.9. The van der Waals surface area contributed by atoms with E-state index in [1.807, 2.05) is 32.9 Å². The van der Waals surface area contributed by atoms with E-state index in [0.29, 0.717) is 54.9 Å². The van der Waals surface area contributed by atoms with Crippen molar-refractivity contribution in [2.45, 2.75) is 45.9 Å². The van der Waals surface area contributed by atoms with Gasteiger partial charge in [0.15, 0.2) is 5.65 Å². The van der Waals surface area contributed by atoms with Gasteiger partial charge >= 0.3 is 6.03 Å². The molecule has 0 spiro atoms. The van der Waals surface area contributed by atoms with Gasteiger partial charge in [-0.2, -0.15) is 9.49 Å². The lowest BCUT2D eigenvalue weighted by atomic mass is 10.1. The second-order valence-electron chi connectivity index (χ2n) is 11.0. The number of pyridine rings is 1. The second-order valence-corrected chi connectivity index (χ2v) is 11.0. The minimum absolute atomic E-state index is 0.149. The molecule has 210 valence electrons. The number of anilines is 1. The van der Waals surface area contributed by atoms with Crippen LogP contribution in [0.4, 0.5) is 19.4 Å². The molecule has 5 aromatic rings. The highest BCUT2D eigenvalue weighted by Crippen LogP contribution is 2.34. The first-order valence-corrected chi connectivity index (χ1v) is 13.3. The van der Waals surface area contributed by atoms with Crippen molar-refractivity contribution in [2.24, 2.45) is 0 Å². The maximum absolute atomic E-state index is 13.8. The standard InChI is InChI=1S/C29H29F2N9O/c1-29(2,3)36-28(41)38-12-13-39-25(17-38)35-26(19-4-6-20(30)7-5-19)27(39)21-8-9-24-34-23(16-40(24)37-21)33-15-18-10-11-32-22(31)14-18/h4-11,14,16,33H,12-13,15,17H2,1-3H3,(H,36,41). The van der Waals surface area contributed by atoms with Gasteiger partial charge in [-0.05, 0) is 74.9 Å². The van der Waals surface area contributed by atoms with E-state index in [-0.39, 0.29) is 17.4 Å². The van der Waals surface area contributed by atoms with Gasteiger partial charge in [-0.15, -0.1) is 0 Å². The summed E-state index contributed by atoms with van der Waals surface area (Å²) < 4.78 is 31.0. The average Bonchev–Trinajstić information content (AvgIpc) is 3.51. The highest BCUT2D eigenvalue weighted by atomic mass is 19.1. The number of amides is 2.